The first kappa shape index (κ1) is 18.2. The Morgan fingerprint density at radius 2 is 2.12 bits per heavy atom. The van der Waals surface area contributed by atoms with E-state index in [1.165, 1.54) is 11.1 Å². The van der Waals surface area contributed by atoms with Crippen LogP contribution in [0.25, 0.3) is 0 Å². The first-order valence-corrected chi connectivity index (χ1v) is 9.09. The van der Waals surface area contributed by atoms with Gasteiger partial charge in [-0.25, -0.2) is 4.99 Å². The molecule has 0 aliphatic carbocycles. The Kier molecular flexibility index (Phi) is 5.38. The van der Waals surface area contributed by atoms with Crippen LogP contribution in [0.5, 0.6) is 0 Å². The van der Waals surface area contributed by atoms with E-state index in [1.54, 1.807) is 0 Å². The standard InChI is InChI=1S/C23H27N3/c1-6-19(13-17(4)16(2)3)22-14-18(5)26-15-21(7-8-23(26)25-22)20-9-11-24-12-10-20/h6-9,13-15,24H,2,5,10-12H2,1,3-4H3/b17-13+,19-6+. The van der Waals surface area contributed by atoms with E-state index in [-0.39, 0.29) is 0 Å². The number of hydrogen-bond acceptors (Lipinski definition) is 3. The van der Waals surface area contributed by atoms with Crippen molar-refractivity contribution in [3.05, 3.63) is 95.1 Å². The Balaban J connectivity index is 1.88. The van der Waals surface area contributed by atoms with E-state index in [4.69, 9.17) is 4.99 Å². The zero-order valence-electron chi connectivity index (χ0n) is 16.0. The minimum absolute atomic E-state index is 0.909. The number of hydrogen-bond donors (Lipinski definition) is 1. The van der Waals surface area contributed by atoms with Gasteiger partial charge in [0.05, 0.1) is 5.70 Å². The second kappa shape index (κ2) is 7.71. The van der Waals surface area contributed by atoms with Crippen molar-refractivity contribution < 1.29 is 0 Å². The molecule has 0 spiro atoms. The van der Waals surface area contributed by atoms with Crippen LogP contribution in [0, 0.1) is 0 Å². The van der Waals surface area contributed by atoms with Gasteiger partial charge in [0.15, 0.2) is 0 Å². The molecule has 0 unspecified atom stereocenters. The number of fused-ring (bicyclic) bond motifs is 1. The van der Waals surface area contributed by atoms with Gasteiger partial charge in [-0.1, -0.05) is 30.9 Å². The molecule has 3 rings (SSSR count). The van der Waals surface area contributed by atoms with Gasteiger partial charge in [0.2, 0.25) is 0 Å². The minimum atomic E-state index is 0.909. The molecule has 3 aliphatic heterocycles. The number of amidine groups is 1. The van der Waals surface area contributed by atoms with Gasteiger partial charge in [-0.15, -0.1) is 0 Å². The minimum Gasteiger partial charge on any atom is -0.313 e. The van der Waals surface area contributed by atoms with Gasteiger partial charge in [-0.3, -0.25) is 0 Å². The largest absolute Gasteiger partial charge is 0.313 e. The van der Waals surface area contributed by atoms with Gasteiger partial charge in [0, 0.05) is 18.4 Å². The summed E-state index contributed by atoms with van der Waals surface area (Å²) < 4.78 is 0. The quantitative estimate of drug-likeness (QED) is 0.731. The monoisotopic (exact) mass is 345 g/mol. The number of rotatable bonds is 4. The van der Waals surface area contributed by atoms with Crippen LogP contribution < -0.4 is 5.32 Å². The smallest absolute Gasteiger partial charge is 0.137 e. The molecule has 0 saturated carbocycles. The fourth-order valence-corrected chi connectivity index (χ4v) is 3.08. The summed E-state index contributed by atoms with van der Waals surface area (Å²) in [6, 6.07) is 0. The van der Waals surface area contributed by atoms with Crippen molar-refractivity contribution in [3.63, 3.8) is 0 Å². The van der Waals surface area contributed by atoms with Crippen LogP contribution in [0.3, 0.4) is 0 Å². The summed E-state index contributed by atoms with van der Waals surface area (Å²) in [5.74, 6) is 0.909. The van der Waals surface area contributed by atoms with E-state index in [0.717, 1.165) is 53.5 Å². The summed E-state index contributed by atoms with van der Waals surface area (Å²) in [5, 5.41) is 3.36. The maximum Gasteiger partial charge on any atom is 0.137 e. The highest BCUT2D eigenvalue weighted by Gasteiger charge is 2.21. The molecule has 0 fully saturated rings. The molecule has 0 amide bonds. The maximum atomic E-state index is 4.85. The fraction of sp³-hybridized carbons (Fsp3) is 0.261. The predicted octanol–water partition coefficient (Wildman–Crippen LogP) is 4.94. The normalized spacial score (nSPS) is 20.9. The molecule has 0 bridgehead atoms. The second-order valence-corrected chi connectivity index (χ2v) is 6.81. The Morgan fingerprint density at radius 3 is 2.77 bits per heavy atom. The van der Waals surface area contributed by atoms with Crippen molar-refractivity contribution in [1.29, 1.82) is 0 Å². The lowest BCUT2D eigenvalue weighted by molar-refractivity contribution is 0.682. The van der Waals surface area contributed by atoms with E-state index in [2.05, 4.69) is 66.9 Å². The third-order valence-electron chi connectivity index (χ3n) is 4.86. The molecule has 0 aromatic rings. The van der Waals surface area contributed by atoms with Gasteiger partial charge >= 0.3 is 0 Å². The number of allylic oxidation sites excluding steroid dienone is 7. The Labute approximate surface area is 156 Å². The topological polar surface area (TPSA) is 27.6 Å². The highest BCUT2D eigenvalue weighted by molar-refractivity contribution is 5.99. The molecule has 1 N–H and O–H groups in total. The number of nitrogens with one attached hydrogen (secondary N) is 1. The molecule has 134 valence electrons. The zero-order chi connectivity index (χ0) is 18.7. The van der Waals surface area contributed by atoms with Crippen LogP contribution in [-0.4, -0.2) is 23.8 Å². The van der Waals surface area contributed by atoms with Gasteiger partial charge < -0.3 is 10.2 Å². The molecule has 0 atom stereocenters. The molecule has 0 saturated heterocycles. The van der Waals surface area contributed by atoms with Crippen LogP contribution in [0.4, 0.5) is 0 Å². The average molecular weight is 345 g/mol. The molecule has 3 aliphatic rings. The molecule has 3 nitrogen and oxygen atoms in total. The number of nitrogens with zero attached hydrogens (tertiary/aromatic N) is 2. The fourth-order valence-electron chi connectivity index (χ4n) is 3.08. The SMILES string of the molecule is C=C(C)/C(C)=C/C(=C\C)C1=CC(=C)N2C=C(C3=CCNCC3)C=CC2=N1. The molecular weight excluding hydrogens is 318 g/mol. The second-order valence-electron chi connectivity index (χ2n) is 6.81. The number of aliphatic imine (C=N–C) groups is 1. The van der Waals surface area contributed by atoms with Crippen LogP contribution in [0.1, 0.15) is 27.2 Å². The molecule has 0 aromatic heterocycles. The summed E-state index contributed by atoms with van der Waals surface area (Å²) in [5.41, 5.74) is 7.81. The lowest BCUT2D eigenvalue weighted by atomic mass is 9.98. The van der Waals surface area contributed by atoms with Gasteiger partial charge in [-0.05, 0) is 80.3 Å². The molecule has 26 heavy (non-hydrogen) atoms. The lowest BCUT2D eigenvalue weighted by Crippen LogP contribution is -2.29. The third-order valence-corrected chi connectivity index (χ3v) is 4.86. The highest BCUT2D eigenvalue weighted by Crippen LogP contribution is 2.29. The average Bonchev–Trinajstić information content (AvgIpc) is 2.66. The van der Waals surface area contributed by atoms with E-state index >= 15 is 0 Å². The summed E-state index contributed by atoms with van der Waals surface area (Å²) in [6.07, 6.45) is 16.0. The zero-order valence-corrected chi connectivity index (χ0v) is 16.0. The van der Waals surface area contributed by atoms with Crippen molar-refractivity contribution in [2.45, 2.75) is 27.2 Å². The van der Waals surface area contributed by atoms with Gasteiger partial charge in [0.25, 0.3) is 0 Å². The predicted molar refractivity (Wildman–Crippen MR) is 112 cm³/mol. The van der Waals surface area contributed by atoms with Crippen molar-refractivity contribution in [1.82, 2.24) is 10.2 Å². The Hall–Kier alpha value is -2.65. The Bertz CT molecular complexity index is 854. The summed E-state index contributed by atoms with van der Waals surface area (Å²) in [7, 11) is 0. The molecular formula is C23H27N3. The summed E-state index contributed by atoms with van der Waals surface area (Å²) in [4.78, 5) is 6.93. The van der Waals surface area contributed by atoms with Crippen LogP contribution >= 0.6 is 0 Å². The maximum absolute atomic E-state index is 4.85. The van der Waals surface area contributed by atoms with Crippen molar-refractivity contribution in [2.24, 2.45) is 4.99 Å². The van der Waals surface area contributed by atoms with Crippen molar-refractivity contribution in [2.75, 3.05) is 13.1 Å². The molecule has 3 heteroatoms. The van der Waals surface area contributed by atoms with E-state index in [0.29, 0.717) is 0 Å². The summed E-state index contributed by atoms with van der Waals surface area (Å²) >= 11 is 0. The molecule has 3 heterocycles. The first-order valence-electron chi connectivity index (χ1n) is 9.09. The third kappa shape index (κ3) is 3.78. The van der Waals surface area contributed by atoms with Crippen molar-refractivity contribution in [3.8, 4) is 0 Å². The first-order chi connectivity index (χ1) is 12.5. The highest BCUT2D eigenvalue weighted by atomic mass is 15.2. The molecule has 0 radical (unpaired) electrons. The van der Waals surface area contributed by atoms with Crippen molar-refractivity contribution >= 4 is 5.84 Å². The molecule has 0 aromatic carbocycles. The van der Waals surface area contributed by atoms with E-state index < -0.39 is 0 Å². The van der Waals surface area contributed by atoms with Crippen LogP contribution in [0.2, 0.25) is 0 Å². The van der Waals surface area contributed by atoms with Crippen LogP contribution in [-0.2, 0) is 0 Å². The van der Waals surface area contributed by atoms with Gasteiger partial charge in [-0.2, -0.15) is 0 Å². The lowest BCUT2D eigenvalue weighted by Gasteiger charge is -2.30. The van der Waals surface area contributed by atoms with Gasteiger partial charge in [0.1, 0.15) is 5.84 Å². The summed E-state index contributed by atoms with van der Waals surface area (Å²) in [6.45, 7) is 16.4. The van der Waals surface area contributed by atoms with E-state index in [1.807, 2.05) is 19.9 Å². The van der Waals surface area contributed by atoms with E-state index in [9.17, 15) is 0 Å². The Morgan fingerprint density at radius 1 is 1.31 bits per heavy atom. The van der Waals surface area contributed by atoms with Crippen LogP contribution in [0.15, 0.2) is 100 Å².